The lowest BCUT2D eigenvalue weighted by Gasteiger charge is -2.14. The van der Waals surface area contributed by atoms with Crippen LogP contribution in [0.25, 0.3) is 0 Å². The summed E-state index contributed by atoms with van der Waals surface area (Å²) in [5, 5.41) is 24.3. The van der Waals surface area contributed by atoms with Gasteiger partial charge in [-0.2, -0.15) is 0 Å². The van der Waals surface area contributed by atoms with E-state index in [1.54, 1.807) is 0 Å². The van der Waals surface area contributed by atoms with Gasteiger partial charge in [0.1, 0.15) is 6.04 Å². The van der Waals surface area contributed by atoms with E-state index in [1.807, 2.05) is 19.2 Å². The lowest BCUT2D eigenvalue weighted by Crippen LogP contribution is -2.47. The van der Waals surface area contributed by atoms with Crippen LogP contribution in [0.5, 0.6) is 0 Å². The van der Waals surface area contributed by atoms with Crippen molar-refractivity contribution in [3.05, 3.63) is 0 Å². The van der Waals surface area contributed by atoms with Gasteiger partial charge in [-0.3, -0.25) is 9.59 Å². The first-order valence-corrected chi connectivity index (χ1v) is 6.54. The Labute approximate surface area is 122 Å². The Kier molecular flexibility index (Phi) is 8.51. The second-order valence-corrected chi connectivity index (χ2v) is 4.52. The smallest absolute Gasteiger partial charge is 0.326 e. The van der Waals surface area contributed by atoms with Gasteiger partial charge in [0.15, 0.2) is 0 Å². The summed E-state index contributed by atoms with van der Waals surface area (Å²) in [5.74, 6) is -3.01. The van der Waals surface area contributed by atoms with E-state index in [0.717, 1.165) is 6.42 Å². The van der Waals surface area contributed by atoms with Crippen LogP contribution in [0.4, 0.5) is 4.79 Å². The van der Waals surface area contributed by atoms with Crippen molar-refractivity contribution in [1.82, 2.24) is 16.0 Å². The minimum absolute atomic E-state index is 0.0213. The van der Waals surface area contributed by atoms with E-state index in [0.29, 0.717) is 0 Å². The molecule has 0 bridgehead atoms. The monoisotopic (exact) mass is 303 g/mol. The van der Waals surface area contributed by atoms with Gasteiger partial charge in [0.05, 0.1) is 6.42 Å². The van der Waals surface area contributed by atoms with Gasteiger partial charge in [-0.15, -0.1) is 0 Å². The molecule has 0 rings (SSSR count). The number of rotatable bonds is 9. The second kappa shape index (κ2) is 9.56. The van der Waals surface area contributed by atoms with E-state index in [9.17, 15) is 19.2 Å². The molecule has 0 aromatic heterocycles. The molecular weight excluding hydrogens is 282 g/mol. The maximum absolute atomic E-state index is 11.4. The Balaban J connectivity index is 4.05. The summed E-state index contributed by atoms with van der Waals surface area (Å²) in [7, 11) is 0. The third-order valence-corrected chi connectivity index (χ3v) is 2.64. The first-order chi connectivity index (χ1) is 9.76. The molecule has 9 heteroatoms. The van der Waals surface area contributed by atoms with Crippen molar-refractivity contribution in [2.24, 2.45) is 0 Å². The molecule has 0 saturated carbocycles. The summed E-state index contributed by atoms with van der Waals surface area (Å²) < 4.78 is 0. The van der Waals surface area contributed by atoms with Crippen molar-refractivity contribution >= 4 is 23.9 Å². The number of carbonyl (C=O) groups is 4. The zero-order valence-corrected chi connectivity index (χ0v) is 12.0. The minimum atomic E-state index is -1.52. The fourth-order valence-corrected chi connectivity index (χ4v) is 1.32. The van der Waals surface area contributed by atoms with Gasteiger partial charge < -0.3 is 26.2 Å². The van der Waals surface area contributed by atoms with Crippen molar-refractivity contribution in [3.8, 4) is 0 Å². The molecule has 0 aliphatic carbocycles. The molecule has 0 spiro atoms. The summed E-state index contributed by atoms with van der Waals surface area (Å²) in [6.45, 7) is 3.79. The van der Waals surface area contributed by atoms with Gasteiger partial charge in [-0.25, -0.2) is 9.59 Å². The van der Waals surface area contributed by atoms with Gasteiger partial charge in [0.25, 0.3) is 0 Å². The maximum atomic E-state index is 11.4. The average Bonchev–Trinajstić information content (AvgIpc) is 2.36. The SMILES string of the molecule is CCC(C)NC(=O)CCNC(=O)NC(CC(=O)O)C(=O)O. The molecule has 2 unspecified atom stereocenters. The summed E-state index contributed by atoms with van der Waals surface area (Å²) in [6.07, 6.45) is 0.112. The topological polar surface area (TPSA) is 145 Å². The van der Waals surface area contributed by atoms with Crippen LogP contribution in [-0.4, -0.2) is 52.7 Å². The first-order valence-electron chi connectivity index (χ1n) is 6.54. The van der Waals surface area contributed by atoms with E-state index >= 15 is 0 Å². The van der Waals surface area contributed by atoms with Crippen LogP contribution >= 0.6 is 0 Å². The number of aliphatic carboxylic acids is 2. The Morgan fingerprint density at radius 1 is 1.10 bits per heavy atom. The highest BCUT2D eigenvalue weighted by molar-refractivity contribution is 5.86. The number of carboxylic acid groups (broad SMARTS) is 2. The highest BCUT2D eigenvalue weighted by Crippen LogP contribution is 1.93. The molecule has 3 amide bonds. The predicted octanol–water partition coefficient (Wildman–Crippen LogP) is -0.482. The van der Waals surface area contributed by atoms with Gasteiger partial charge in [0.2, 0.25) is 5.91 Å². The fraction of sp³-hybridized carbons (Fsp3) is 0.667. The standard InChI is InChI=1S/C12H21N3O6/c1-3-7(2)14-9(16)4-5-13-12(21)15-8(11(19)20)6-10(17)18/h7-8H,3-6H2,1-2H3,(H,14,16)(H,17,18)(H,19,20)(H2,13,15,21). The molecule has 0 radical (unpaired) electrons. The summed E-state index contributed by atoms with van der Waals surface area (Å²) in [6, 6.07) is -2.31. The zero-order chi connectivity index (χ0) is 16.4. The first kappa shape index (κ1) is 18.7. The summed E-state index contributed by atoms with van der Waals surface area (Å²) in [5.41, 5.74) is 0. The van der Waals surface area contributed by atoms with Crippen LogP contribution in [0.15, 0.2) is 0 Å². The van der Waals surface area contributed by atoms with Crippen LogP contribution in [0.2, 0.25) is 0 Å². The van der Waals surface area contributed by atoms with Crippen molar-refractivity contribution in [2.75, 3.05) is 6.54 Å². The van der Waals surface area contributed by atoms with E-state index in [2.05, 4.69) is 10.6 Å². The molecule has 9 nitrogen and oxygen atoms in total. The number of nitrogens with one attached hydrogen (secondary N) is 3. The quantitative estimate of drug-likeness (QED) is 0.389. The van der Waals surface area contributed by atoms with Gasteiger partial charge in [0, 0.05) is 19.0 Å². The number of amides is 3. The van der Waals surface area contributed by atoms with Crippen LogP contribution in [0, 0.1) is 0 Å². The van der Waals surface area contributed by atoms with Crippen molar-refractivity contribution in [3.63, 3.8) is 0 Å². The molecule has 0 aliphatic heterocycles. The lowest BCUT2D eigenvalue weighted by molar-refractivity contribution is -0.145. The predicted molar refractivity (Wildman–Crippen MR) is 72.7 cm³/mol. The van der Waals surface area contributed by atoms with Crippen LogP contribution in [0.1, 0.15) is 33.1 Å². The van der Waals surface area contributed by atoms with E-state index in [-0.39, 0.29) is 24.9 Å². The van der Waals surface area contributed by atoms with Crippen molar-refractivity contribution in [2.45, 2.75) is 45.2 Å². The zero-order valence-electron chi connectivity index (χ0n) is 12.0. The summed E-state index contributed by atoms with van der Waals surface area (Å²) in [4.78, 5) is 44.0. The van der Waals surface area contributed by atoms with Gasteiger partial charge in [-0.05, 0) is 13.3 Å². The maximum Gasteiger partial charge on any atom is 0.326 e. The molecule has 0 saturated heterocycles. The molecule has 0 heterocycles. The van der Waals surface area contributed by atoms with Crippen LogP contribution in [-0.2, 0) is 14.4 Å². The third kappa shape index (κ3) is 9.25. The highest BCUT2D eigenvalue weighted by atomic mass is 16.4. The molecule has 2 atom stereocenters. The number of carboxylic acids is 2. The molecular formula is C12H21N3O6. The largest absolute Gasteiger partial charge is 0.481 e. The summed E-state index contributed by atoms with van der Waals surface area (Å²) >= 11 is 0. The Hall–Kier alpha value is -2.32. The van der Waals surface area contributed by atoms with Crippen LogP contribution in [0.3, 0.4) is 0 Å². The number of urea groups is 1. The Bertz CT molecular complexity index is 398. The molecule has 5 N–H and O–H groups in total. The minimum Gasteiger partial charge on any atom is -0.481 e. The van der Waals surface area contributed by atoms with Gasteiger partial charge in [-0.1, -0.05) is 6.92 Å². The molecule has 0 aliphatic rings. The Morgan fingerprint density at radius 2 is 1.71 bits per heavy atom. The average molecular weight is 303 g/mol. The number of hydrogen-bond acceptors (Lipinski definition) is 4. The number of hydrogen-bond donors (Lipinski definition) is 5. The Morgan fingerprint density at radius 3 is 2.19 bits per heavy atom. The normalized spacial score (nSPS) is 12.9. The van der Waals surface area contributed by atoms with Crippen LogP contribution < -0.4 is 16.0 Å². The van der Waals surface area contributed by atoms with Crippen molar-refractivity contribution in [1.29, 1.82) is 0 Å². The molecule has 120 valence electrons. The molecule has 0 aromatic rings. The lowest BCUT2D eigenvalue weighted by atomic mass is 10.2. The van der Waals surface area contributed by atoms with E-state index in [1.165, 1.54) is 0 Å². The molecule has 0 fully saturated rings. The number of carbonyl (C=O) groups excluding carboxylic acids is 2. The highest BCUT2D eigenvalue weighted by Gasteiger charge is 2.22. The fourth-order valence-electron chi connectivity index (χ4n) is 1.32. The van der Waals surface area contributed by atoms with Crippen molar-refractivity contribution < 1.29 is 29.4 Å². The molecule has 21 heavy (non-hydrogen) atoms. The van der Waals surface area contributed by atoms with E-state index in [4.69, 9.17) is 10.2 Å². The molecule has 0 aromatic carbocycles. The second-order valence-electron chi connectivity index (χ2n) is 4.52. The van der Waals surface area contributed by atoms with E-state index < -0.39 is 30.4 Å². The third-order valence-electron chi connectivity index (χ3n) is 2.64. The van der Waals surface area contributed by atoms with Gasteiger partial charge >= 0.3 is 18.0 Å².